The van der Waals surface area contributed by atoms with Crippen molar-refractivity contribution >= 4 is 17.9 Å². The summed E-state index contributed by atoms with van der Waals surface area (Å²) < 4.78 is 4.34. The molecule has 0 aromatic carbocycles. The van der Waals surface area contributed by atoms with Gasteiger partial charge in [-0.05, 0) is 19.4 Å². The molecule has 9 nitrogen and oxygen atoms in total. The first-order chi connectivity index (χ1) is 8.88. The topological polar surface area (TPSA) is 165 Å². The zero-order chi connectivity index (χ0) is 14.8. The normalized spacial score (nSPS) is 18.9. The molecule has 0 unspecified atom stereocenters. The van der Waals surface area contributed by atoms with Crippen molar-refractivity contribution in [2.24, 2.45) is 11.5 Å². The van der Waals surface area contributed by atoms with Gasteiger partial charge in [-0.15, -0.1) is 0 Å². The Bertz CT molecular complexity index is 316. The number of nitrogens with one attached hydrogen (secondary N) is 1. The summed E-state index contributed by atoms with van der Waals surface area (Å²) in [5.41, 5.74) is 9.87. The molecule has 0 bridgehead atoms. The molecule has 1 aliphatic rings. The lowest BCUT2D eigenvalue weighted by atomic mass is 10.2. The van der Waals surface area contributed by atoms with Gasteiger partial charge in [0.1, 0.15) is 18.7 Å². The minimum atomic E-state index is -1.21. The van der Waals surface area contributed by atoms with Crippen LogP contribution in [0.25, 0.3) is 0 Å². The number of aliphatic carboxylic acids is 2. The molecule has 1 rings (SSSR count). The summed E-state index contributed by atoms with van der Waals surface area (Å²) in [6, 6.07) is -1.44. The van der Waals surface area contributed by atoms with Gasteiger partial charge in [-0.3, -0.25) is 14.4 Å². The van der Waals surface area contributed by atoms with E-state index in [0.29, 0.717) is 0 Å². The lowest BCUT2D eigenvalue weighted by Crippen LogP contribution is -2.36. The Labute approximate surface area is 109 Å². The maximum absolute atomic E-state index is 10.3. The van der Waals surface area contributed by atoms with Crippen molar-refractivity contribution < 1.29 is 29.3 Å². The maximum Gasteiger partial charge on any atom is 0.324 e. The fourth-order valence-electron chi connectivity index (χ4n) is 1.21. The Balaban J connectivity index is 0.000000356. The quantitative estimate of drug-likeness (QED) is 0.348. The number of carbonyl (C=O) groups is 3. The van der Waals surface area contributed by atoms with Gasteiger partial charge in [-0.1, -0.05) is 0 Å². The minimum absolute atomic E-state index is 0.269. The second-order valence-electron chi connectivity index (χ2n) is 3.82. The molecule has 0 aliphatic carbocycles. The zero-order valence-electron chi connectivity index (χ0n) is 10.4. The van der Waals surface area contributed by atoms with Gasteiger partial charge in [0.2, 0.25) is 0 Å². The van der Waals surface area contributed by atoms with Gasteiger partial charge >= 0.3 is 17.9 Å². The molecule has 110 valence electrons. The molecule has 0 spiro atoms. The molecule has 7 N–H and O–H groups in total. The highest BCUT2D eigenvalue weighted by Gasteiger charge is 2.20. The Morgan fingerprint density at radius 2 is 2.00 bits per heavy atom. The molecule has 0 saturated carbocycles. The molecule has 0 aromatic heterocycles. The standard InChI is InChI=1S/C5H10N2O4.C5H9NO2/c6-1-4(8)11-2-3(7)5(9)10;7-5(8)4-2-1-3-6-4/h3H,1-2,6-7H2,(H,9,10);4,6H,1-3H2,(H,7,8)/t3-;4-/m00/s1. The first-order valence-electron chi connectivity index (χ1n) is 5.68. The van der Waals surface area contributed by atoms with Crippen molar-refractivity contribution in [3.63, 3.8) is 0 Å². The predicted octanol–water partition coefficient (Wildman–Crippen LogP) is -2.28. The molecule has 0 aromatic rings. The molecule has 2 atom stereocenters. The van der Waals surface area contributed by atoms with Crippen LogP contribution in [0.2, 0.25) is 0 Å². The van der Waals surface area contributed by atoms with Crippen molar-refractivity contribution in [1.29, 1.82) is 0 Å². The van der Waals surface area contributed by atoms with Crippen LogP contribution in [-0.4, -0.2) is 59.9 Å². The molecule has 1 fully saturated rings. The number of nitrogens with two attached hydrogens (primary N) is 2. The van der Waals surface area contributed by atoms with E-state index in [9.17, 15) is 14.4 Å². The fourth-order valence-corrected chi connectivity index (χ4v) is 1.21. The van der Waals surface area contributed by atoms with E-state index in [1.807, 2.05) is 0 Å². The average Bonchev–Trinajstić information content (AvgIpc) is 2.90. The number of carbonyl (C=O) groups excluding carboxylic acids is 1. The lowest BCUT2D eigenvalue weighted by molar-refractivity contribution is -0.146. The summed E-state index contributed by atoms with van der Waals surface area (Å²) in [6.07, 6.45) is 1.78. The van der Waals surface area contributed by atoms with Gasteiger partial charge in [-0.2, -0.15) is 0 Å². The molecule has 0 radical (unpaired) electrons. The number of carboxylic acid groups (broad SMARTS) is 2. The Morgan fingerprint density at radius 3 is 2.32 bits per heavy atom. The Morgan fingerprint density at radius 1 is 1.37 bits per heavy atom. The van der Waals surface area contributed by atoms with E-state index >= 15 is 0 Å². The third kappa shape index (κ3) is 8.08. The third-order valence-electron chi connectivity index (χ3n) is 2.27. The smallest absolute Gasteiger partial charge is 0.324 e. The second kappa shape index (κ2) is 9.25. The van der Waals surface area contributed by atoms with Crippen molar-refractivity contribution in [2.75, 3.05) is 19.7 Å². The highest BCUT2D eigenvalue weighted by atomic mass is 16.5. The second-order valence-corrected chi connectivity index (χ2v) is 3.82. The van der Waals surface area contributed by atoms with Gasteiger partial charge in [0, 0.05) is 0 Å². The van der Waals surface area contributed by atoms with E-state index in [2.05, 4.69) is 10.1 Å². The summed E-state index contributed by atoms with van der Waals surface area (Å²) in [4.78, 5) is 30.5. The summed E-state index contributed by atoms with van der Waals surface area (Å²) in [6.45, 7) is 0.245. The van der Waals surface area contributed by atoms with Gasteiger partial charge < -0.3 is 31.7 Å². The van der Waals surface area contributed by atoms with E-state index in [-0.39, 0.29) is 19.2 Å². The predicted molar refractivity (Wildman–Crippen MR) is 64.3 cm³/mol. The summed E-state index contributed by atoms with van der Waals surface area (Å²) >= 11 is 0. The van der Waals surface area contributed by atoms with Crippen LogP contribution in [0.15, 0.2) is 0 Å². The molecule has 1 heterocycles. The van der Waals surface area contributed by atoms with Crippen LogP contribution in [-0.2, 0) is 19.1 Å². The van der Waals surface area contributed by atoms with Crippen molar-refractivity contribution in [1.82, 2.24) is 5.32 Å². The number of hydrogen-bond donors (Lipinski definition) is 5. The third-order valence-corrected chi connectivity index (χ3v) is 2.27. The number of carboxylic acids is 2. The number of hydrogen-bond acceptors (Lipinski definition) is 7. The number of rotatable bonds is 5. The van der Waals surface area contributed by atoms with Crippen molar-refractivity contribution in [2.45, 2.75) is 24.9 Å². The molecular formula is C10H19N3O6. The molecule has 0 amide bonds. The van der Waals surface area contributed by atoms with Crippen LogP contribution in [0.5, 0.6) is 0 Å². The van der Waals surface area contributed by atoms with Crippen molar-refractivity contribution in [3.05, 3.63) is 0 Å². The Kier molecular flexibility index (Phi) is 8.42. The summed E-state index contributed by atoms with van der Waals surface area (Å²) in [5.74, 6) is -2.60. The van der Waals surface area contributed by atoms with Gasteiger partial charge in [0.05, 0.1) is 6.54 Å². The van der Waals surface area contributed by atoms with Gasteiger partial charge in [0.15, 0.2) is 0 Å². The highest BCUT2D eigenvalue weighted by Crippen LogP contribution is 2.03. The first-order valence-corrected chi connectivity index (χ1v) is 5.68. The first kappa shape index (κ1) is 17.3. The molecule has 9 heteroatoms. The summed E-state index contributed by atoms with van der Waals surface area (Å²) in [5, 5.41) is 19.4. The fraction of sp³-hybridized carbons (Fsp3) is 0.700. The van der Waals surface area contributed by atoms with Crippen LogP contribution in [0.3, 0.4) is 0 Å². The average molecular weight is 277 g/mol. The van der Waals surface area contributed by atoms with Crippen LogP contribution < -0.4 is 16.8 Å². The van der Waals surface area contributed by atoms with E-state index < -0.39 is 23.9 Å². The monoisotopic (exact) mass is 277 g/mol. The van der Waals surface area contributed by atoms with Crippen molar-refractivity contribution in [3.8, 4) is 0 Å². The van der Waals surface area contributed by atoms with E-state index in [1.54, 1.807) is 0 Å². The minimum Gasteiger partial charge on any atom is -0.480 e. The van der Waals surface area contributed by atoms with E-state index in [1.165, 1.54) is 0 Å². The van der Waals surface area contributed by atoms with E-state index in [0.717, 1.165) is 19.4 Å². The Hall–Kier alpha value is -1.71. The van der Waals surface area contributed by atoms with Gasteiger partial charge in [-0.25, -0.2) is 0 Å². The highest BCUT2D eigenvalue weighted by molar-refractivity contribution is 5.75. The van der Waals surface area contributed by atoms with Gasteiger partial charge in [0.25, 0.3) is 0 Å². The van der Waals surface area contributed by atoms with Crippen LogP contribution in [0, 0.1) is 0 Å². The number of esters is 1. The maximum atomic E-state index is 10.3. The van der Waals surface area contributed by atoms with Crippen LogP contribution in [0.1, 0.15) is 12.8 Å². The van der Waals surface area contributed by atoms with Crippen LogP contribution in [0.4, 0.5) is 0 Å². The lowest BCUT2D eigenvalue weighted by Gasteiger charge is -2.05. The molecular weight excluding hydrogens is 258 g/mol. The zero-order valence-corrected chi connectivity index (χ0v) is 10.4. The van der Waals surface area contributed by atoms with E-state index in [4.69, 9.17) is 21.7 Å². The SMILES string of the molecule is NCC(=O)OC[C@H](N)C(=O)O.O=C(O)[C@@H]1CCCN1. The molecule has 1 saturated heterocycles. The largest absolute Gasteiger partial charge is 0.480 e. The summed E-state index contributed by atoms with van der Waals surface area (Å²) in [7, 11) is 0. The molecule has 1 aliphatic heterocycles. The number of ether oxygens (including phenoxy) is 1. The molecule has 19 heavy (non-hydrogen) atoms. The van der Waals surface area contributed by atoms with Crippen LogP contribution >= 0.6 is 0 Å².